The highest BCUT2D eigenvalue weighted by Gasteiger charge is 2.07. The van der Waals surface area contributed by atoms with Crippen molar-refractivity contribution in [2.75, 3.05) is 5.75 Å². The average molecular weight is 340 g/mol. The average Bonchev–Trinajstić information content (AvgIpc) is 2.81. The fraction of sp³-hybridized carbons (Fsp3) is 0.357. The van der Waals surface area contributed by atoms with Crippen LogP contribution < -0.4 is 5.73 Å². The van der Waals surface area contributed by atoms with Gasteiger partial charge < -0.3 is 5.73 Å². The summed E-state index contributed by atoms with van der Waals surface area (Å²) in [7, 11) is 1.97. The SMILES string of the molecule is Cn1nccc1CCC(N)CSc1ccccc1Br. The van der Waals surface area contributed by atoms with Crippen molar-refractivity contribution >= 4 is 27.7 Å². The summed E-state index contributed by atoms with van der Waals surface area (Å²) >= 11 is 5.36. The molecule has 1 unspecified atom stereocenters. The third-order valence-electron chi connectivity index (χ3n) is 2.98. The Balaban J connectivity index is 1.77. The molecule has 102 valence electrons. The van der Waals surface area contributed by atoms with Crippen LogP contribution in [-0.2, 0) is 13.5 Å². The first-order valence-corrected chi connectivity index (χ1v) is 8.04. The molecule has 3 nitrogen and oxygen atoms in total. The Kier molecular flexibility index (Phi) is 5.48. The maximum Gasteiger partial charge on any atom is 0.0492 e. The fourth-order valence-electron chi connectivity index (χ4n) is 1.82. The van der Waals surface area contributed by atoms with Crippen LogP contribution >= 0.6 is 27.7 Å². The van der Waals surface area contributed by atoms with E-state index >= 15 is 0 Å². The van der Waals surface area contributed by atoms with Crippen LogP contribution in [0.2, 0.25) is 0 Å². The molecule has 1 atom stereocenters. The first kappa shape index (κ1) is 14.6. The highest BCUT2D eigenvalue weighted by atomic mass is 79.9. The minimum absolute atomic E-state index is 0.201. The molecule has 0 radical (unpaired) electrons. The molecule has 1 aromatic carbocycles. The summed E-state index contributed by atoms with van der Waals surface area (Å²) in [6.07, 6.45) is 3.79. The number of halogens is 1. The lowest BCUT2D eigenvalue weighted by molar-refractivity contribution is 0.629. The minimum atomic E-state index is 0.201. The van der Waals surface area contributed by atoms with Gasteiger partial charge in [-0.2, -0.15) is 5.10 Å². The Morgan fingerprint density at radius 3 is 2.84 bits per heavy atom. The van der Waals surface area contributed by atoms with Crippen molar-refractivity contribution < 1.29 is 0 Å². The zero-order chi connectivity index (χ0) is 13.7. The van der Waals surface area contributed by atoms with Crippen LogP contribution in [0.4, 0.5) is 0 Å². The van der Waals surface area contributed by atoms with Crippen LogP contribution in [0.5, 0.6) is 0 Å². The molecule has 1 heterocycles. The smallest absolute Gasteiger partial charge is 0.0492 e. The van der Waals surface area contributed by atoms with E-state index in [4.69, 9.17) is 5.73 Å². The molecule has 2 rings (SSSR count). The largest absolute Gasteiger partial charge is 0.327 e. The Labute approximate surface area is 126 Å². The van der Waals surface area contributed by atoms with Crippen molar-refractivity contribution in [3.05, 3.63) is 46.7 Å². The molecule has 0 fully saturated rings. The predicted octanol–water partition coefficient (Wildman–Crippen LogP) is 3.23. The van der Waals surface area contributed by atoms with Crippen LogP contribution in [0.3, 0.4) is 0 Å². The quantitative estimate of drug-likeness (QED) is 0.821. The summed E-state index contributed by atoms with van der Waals surface area (Å²) in [5.74, 6) is 0.931. The number of nitrogens with two attached hydrogens (primary N) is 1. The van der Waals surface area contributed by atoms with Gasteiger partial charge in [0.15, 0.2) is 0 Å². The molecular formula is C14H18BrN3S. The molecule has 0 bridgehead atoms. The first-order valence-electron chi connectivity index (χ1n) is 6.26. The third-order valence-corrected chi connectivity index (χ3v) is 5.20. The van der Waals surface area contributed by atoms with Gasteiger partial charge in [-0.1, -0.05) is 12.1 Å². The topological polar surface area (TPSA) is 43.8 Å². The standard InChI is InChI=1S/C14H18BrN3S/c1-18-12(8-9-17-18)7-6-11(16)10-19-14-5-3-2-4-13(14)15/h2-5,8-9,11H,6-7,10,16H2,1H3. The maximum absolute atomic E-state index is 6.17. The second kappa shape index (κ2) is 7.12. The van der Waals surface area contributed by atoms with E-state index in [9.17, 15) is 0 Å². The van der Waals surface area contributed by atoms with Crippen LogP contribution in [0.1, 0.15) is 12.1 Å². The van der Waals surface area contributed by atoms with E-state index in [0.717, 1.165) is 23.1 Å². The van der Waals surface area contributed by atoms with E-state index in [0.29, 0.717) is 0 Å². The zero-order valence-electron chi connectivity index (χ0n) is 10.9. The molecule has 0 spiro atoms. The Morgan fingerprint density at radius 2 is 2.16 bits per heavy atom. The van der Waals surface area contributed by atoms with Gasteiger partial charge in [-0.3, -0.25) is 4.68 Å². The van der Waals surface area contributed by atoms with Gasteiger partial charge in [0.05, 0.1) is 0 Å². The molecule has 5 heteroatoms. The van der Waals surface area contributed by atoms with Crippen LogP contribution in [0.25, 0.3) is 0 Å². The zero-order valence-corrected chi connectivity index (χ0v) is 13.3. The van der Waals surface area contributed by atoms with Crippen molar-refractivity contribution in [3.63, 3.8) is 0 Å². The van der Waals surface area contributed by atoms with Crippen molar-refractivity contribution in [3.8, 4) is 0 Å². The number of aryl methyl sites for hydroxylation is 2. The predicted molar refractivity (Wildman–Crippen MR) is 84.4 cm³/mol. The van der Waals surface area contributed by atoms with E-state index < -0.39 is 0 Å². The number of rotatable bonds is 6. The van der Waals surface area contributed by atoms with Gasteiger partial charge >= 0.3 is 0 Å². The first-order chi connectivity index (χ1) is 9.16. The van der Waals surface area contributed by atoms with Gasteiger partial charge in [0, 0.05) is 40.1 Å². The van der Waals surface area contributed by atoms with Crippen molar-refractivity contribution in [1.29, 1.82) is 0 Å². The Morgan fingerprint density at radius 1 is 1.37 bits per heavy atom. The number of hydrogen-bond donors (Lipinski definition) is 1. The highest BCUT2D eigenvalue weighted by Crippen LogP contribution is 2.27. The molecule has 0 saturated heterocycles. The summed E-state index contributed by atoms with van der Waals surface area (Å²) in [4.78, 5) is 1.25. The van der Waals surface area contributed by atoms with Gasteiger partial charge in [0.25, 0.3) is 0 Å². The maximum atomic E-state index is 6.17. The normalized spacial score (nSPS) is 12.6. The molecule has 2 N–H and O–H groups in total. The summed E-state index contributed by atoms with van der Waals surface area (Å²) in [6, 6.07) is 10.5. The minimum Gasteiger partial charge on any atom is -0.327 e. The van der Waals surface area contributed by atoms with Crippen molar-refractivity contribution in [1.82, 2.24) is 9.78 Å². The molecule has 0 amide bonds. The van der Waals surface area contributed by atoms with E-state index in [1.165, 1.54) is 10.6 Å². The highest BCUT2D eigenvalue weighted by molar-refractivity contribution is 9.10. The molecule has 0 aliphatic carbocycles. The van der Waals surface area contributed by atoms with Gasteiger partial charge in [0.1, 0.15) is 0 Å². The lowest BCUT2D eigenvalue weighted by Gasteiger charge is -2.12. The molecule has 19 heavy (non-hydrogen) atoms. The van der Waals surface area contributed by atoms with Gasteiger partial charge in [-0.25, -0.2) is 0 Å². The molecule has 0 aliphatic heterocycles. The number of benzene rings is 1. The van der Waals surface area contributed by atoms with Crippen LogP contribution in [0.15, 0.2) is 45.9 Å². The van der Waals surface area contributed by atoms with Gasteiger partial charge in [-0.05, 0) is 47.0 Å². The third kappa shape index (κ3) is 4.37. The lowest BCUT2D eigenvalue weighted by atomic mass is 10.1. The lowest BCUT2D eigenvalue weighted by Crippen LogP contribution is -2.23. The van der Waals surface area contributed by atoms with E-state index in [-0.39, 0.29) is 6.04 Å². The monoisotopic (exact) mass is 339 g/mol. The van der Waals surface area contributed by atoms with Crippen LogP contribution in [0, 0.1) is 0 Å². The van der Waals surface area contributed by atoms with E-state index in [2.05, 4.69) is 33.2 Å². The molecule has 0 saturated carbocycles. The fourth-order valence-corrected chi connectivity index (χ4v) is 3.39. The Hall–Kier alpha value is -0.780. The van der Waals surface area contributed by atoms with Crippen LogP contribution in [-0.4, -0.2) is 21.6 Å². The van der Waals surface area contributed by atoms with Gasteiger partial charge in [0.2, 0.25) is 0 Å². The number of hydrogen-bond acceptors (Lipinski definition) is 3. The second-order valence-corrected chi connectivity index (χ2v) is 6.40. The van der Waals surface area contributed by atoms with E-state index in [1.54, 1.807) is 11.8 Å². The summed E-state index contributed by atoms with van der Waals surface area (Å²) in [6.45, 7) is 0. The number of nitrogens with zero attached hydrogens (tertiary/aromatic N) is 2. The summed E-state index contributed by atoms with van der Waals surface area (Å²) in [5, 5.41) is 4.16. The van der Waals surface area contributed by atoms with E-state index in [1.807, 2.05) is 36.1 Å². The second-order valence-electron chi connectivity index (χ2n) is 4.49. The molecular weight excluding hydrogens is 322 g/mol. The summed E-state index contributed by atoms with van der Waals surface area (Å²) in [5.41, 5.74) is 7.41. The summed E-state index contributed by atoms with van der Waals surface area (Å²) < 4.78 is 3.05. The Bertz CT molecular complexity index is 527. The van der Waals surface area contributed by atoms with Crippen molar-refractivity contribution in [2.45, 2.75) is 23.8 Å². The molecule has 1 aromatic heterocycles. The number of thioether (sulfide) groups is 1. The van der Waals surface area contributed by atoms with Gasteiger partial charge in [-0.15, -0.1) is 11.8 Å². The van der Waals surface area contributed by atoms with Crippen molar-refractivity contribution in [2.24, 2.45) is 12.8 Å². The molecule has 2 aromatic rings. The molecule has 0 aliphatic rings. The number of aromatic nitrogens is 2.